The lowest BCUT2D eigenvalue weighted by Gasteiger charge is -2.39. The number of aliphatic hydroxyl groups is 2. The van der Waals surface area contributed by atoms with Crippen molar-refractivity contribution in [3.63, 3.8) is 0 Å². The molecule has 0 aromatic heterocycles. The van der Waals surface area contributed by atoms with Crippen LogP contribution in [0.2, 0.25) is 0 Å². The summed E-state index contributed by atoms with van der Waals surface area (Å²) in [7, 11) is -4.75. The van der Waals surface area contributed by atoms with Crippen molar-refractivity contribution in [1.29, 1.82) is 0 Å². The van der Waals surface area contributed by atoms with E-state index < -0.39 is 38.2 Å². The minimum Gasteiger partial charge on any atom is -0.389 e. The van der Waals surface area contributed by atoms with Crippen molar-refractivity contribution in [3.05, 3.63) is 0 Å². The van der Waals surface area contributed by atoms with Gasteiger partial charge in [-0.2, -0.15) is 0 Å². The van der Waals surface area contributed by atoms with Gasteiger partial charge in [-0.25, -0.2) is 4.57 Å². The normalized spacial score (nSPS) is 42.9. The van der Waals surface area contributed by atoms with Gasteiger partial charge < -0.3 is 31.5 Å². The molecule has 9 heteroatoms. The maximum Gasteiger partial charge on any atom is 0.469 e. The fourth-order valence-corrected chi connectivity index (χ4v) is 2.19. The van der Waals surface area contributed by atoms with E-state index >= 15 is 0 Å². The Balaban J connectivity index is 2.75. The molecule has 1 fully saturated rings. The molecule has 0 saturated heterocycles. The minimum atomic E-state index is -4.75. The molecule has 1 aliphatic rings. The van der Waals surface area contributed by atoms with Gasteiger partial charge in [-0.05, 0) is 6.42 Å². The van der Waals surface area contributed by atoms with Gasteiger partial charge in [0.15, 0.2) is 0 Å². The van der Waals surface area contributed by atoms with Crippen LogP contribution in [0.15, 0.2) is 0 Å². The number of aliphatic hydroxyl groups excluding tert-OH is 2. The predicted molar refractivity (Wildman–Crippen MR) is 49.5 cm³/mol. The third-order valence-corrected chi connectivity index (χ3v) is 2.87. The van der Waals surface area contributed by atoms with Crippen molar-refractivity contribution < 1.29 is 29.1 Å². The van der Waals surface area contributed by atoms with Crippen LogP contribution in [0.3, 0.4) is 0 Å². The second-order valence-electron chi connectivity index (χ2n) is 3.61. The average molecular weight is 242 g/mol. The monoisotopic (exact) mass is 242 g/mol. The first kappa shape index (κ1) is 13.0. The molecule has 0 aromatic carbocycles. The lowest BCUT2D eigenvalue weighted by molar-refractivity contribution is -0.0970. The third kappa shape index (κ3) is 3.20. The van der Waals surface area contributed by atoms with E-state index in [0.29, 0.717) is 0 Å². The maximum absolute atomic E-state index is 10.6. The summed E-state index contributed by atoms with van der Waals surface area (Å²) in [6.07, 6.45) is -4.01. The maximum atomic E-state index is 10.6. The highest BCUT2D eigenvalue weighted by atomic mass is 31.2. The Labute approximate surface area is 86.1 Å². The van der Waals surface area contributed by atoms with Crippen LogP contribution in [0, 0.1) is 0 Å². The topological polar surface area (TPSA) is 159 Å². The molecule has 1 aliphatic carbocycles. The van der Waals surface area contributed by atoms with Gasteiger partial charge >= 0.3 is 7.82 Å². The Hall–Kier alpha value is -0.0500. The molecule has 0 amide bonds. The zero-order valence-corrected chi connectivity index (χ0v) is 8.70. The first-order valence-electron chi connectivity index (χ1n) is 4.33. The largest absolute Gasteiger partial charge is 0.469 e. The molecule has 0 spiro atoms. The summed E-state index contributed by atoms with van der Waals surface area (Å²) in [6, 6.07) is -1.56. The van der Waals surface area contributed by atoms with Crippen molar-refractivity contribution in [2.75, 3.05) is 0 Å². The van der Waals surface area contributed by atoms with Gasteiger partial charge in [-0.15, -0.1) is 0 Å². The smallest absolute Gasteiger partial charge is 0.389 e. The van der Waals surface area contributed by atoms with Crippen LogP contribution >= 0.6 is 7.82 Å². The second-order valence-corrected chi connectivity index (χ2v) is 4.80. The Bertz CT molecular complexity index is 270. The Morgan fingerprint density at radius 2 is 1.67 bits per heavy atom. The van der Waals surface area contributed by atoms with Crippen molar-refractivity contribution in [1.82, 2.24) is 0 Å². The molecule has 8 nitrogen and oxygen atoms in total. The van der Waals surface area contributed by atoms with Crippen molar-refractivity contribution in [2.45, 2.75) is 36.8 Å². The minimum absolute atomic E-state index is 0.114. The molecule has 5 atom stereocenters. The van der Waals surface area contributed by atoms with Crippen molar-refractivity contribution in [3.8, 4) is 0 Å². The summed E-state index contributed by atoms with van der Waals surface area (Å²) in [6.45, 7) is 0. The third-order valence-electron chi connectivity index (χ3n) is 2.35. The van der Waals surface area contributed by atoms with Crippen LogP contribution in [-0.4, -0.2) is 50.4 Å². The Morgan fingerprint density at radius 1 is 1.13 bits per heavy atom. The van der Waals surface area contributed by atoms with Gasteiger partial charge in [-0.1, -0.05) is 0 Å². The summed E-state index contributed by atoms with van der Waals surface area (Å²) >= 11 is 0. The molecule has 0 aromatic rings. The van der Waals surface area contributed by atoms with E-state index in [2.05, 4.69) is 4.52 Å². The Kier molecular flexibility index (Phi) is 3.85. The molecule has 90 valence electrons. The van der Waals surface area contributed by atoms with Gasteiger partial charge in [-0.3, -0.25) is 4.52 Å². The number of rotatable bonds is 2. The summed E-state index contributed by atoms with van der Waals surface area (Å²) in [5.41, 5.74) is 11.0. The molecular weight excluding hydrogens is 227 g/mol. The number of hydrogen-bond donors (Lipinski definition) is 6. The summed E-state index contributed by atoms with van der Waals surface area (Å²) in [4.78, 5) is 17.1. The van der Waals surface area contributed by atoms with E-state index in [0.717, 1.165) is 0 Å². The molecule has 1 rings (SSSR count). The fraction of sp³-hybridized carbons (Fsp3) is 1.00. The highest BCUT2D eigenvalue weighted by Gasteiger charge is 2.43. The molecule has 8 N–H and O–H groups in total. The molecule has 0 radical (unpaired) electrons. The number of hydrogen-bond acceptors (Lipinski definition) is 6. The zero-order valence-electron chi connectivity index (χ0n) is 7.80. The summed E-state index contributed by atoms with van der Waals surface area (Å²) in [5, 5.41) is 18.8. The SMILES string of the molecule is N[C@@H]1C[C@H](N)[C@@H](OP(=O)(O)O)[C@H](O)[C@H]1O. The molecular formula is C6H15N2O6P. The molecule has 0 heterocycles. The zero-order chi connectivity index (χ0) is 11.8. The summed E-state index contributed by atoms with van der Waals surface area (Å²) in [5.74, 6) is 0. The standard InChI is InChI=1S/C6H15N2O6P/c7-2-1-3(8)6(5(10)4(2)9)14-15(11,12)13/h2-6,9-10H,1,7-8H2,(H2,11,12,13)/t2-,3+,4+,5-,6-/m1/s1. The van der Waals surface area contributed by atoms with Crippen LogP contribution < -0.4 is 11.5 Å². The Morgan fingerprint density at radius 3 is 2.13 bits per heavy atom. The van der Waals surface area contributed by atoms with Crippen LogP contribution in [0.1, 0.15) is 6.42 Å². The van der Waals surface area contributed by atoms with Crippen LogP contribution in [0.25, 0.3) is 0 Å². The highest BCUT2D eigenvalue weighted by molar-refractivity contribution is 7.46. The van der Waals surface area contributed by atoms with E-state index in [-0.39, 0.29) is 6.42 Å². The van der Waals surface area contributed by atoms with E-state index in [1.807, 2.05) is 0 Å². The van der Waals surface area contributed by atoms with E-state index in [9.17, 15) is 14.8 Å². The van der Waals surface area contributed by atoms with Crippen LogP contribution in [0.5, 0.6) is 0 Å². The van der Waals surface area contributed by atoms with Crippen molar-refractivity contribution >= 4 is 7.82 Å². The molecule has 1 saturated carbocycles. The van der Waals surface area contributed by atoms with Gasteiger partial charge in [0.25, 0.3) is 0 Å². The summed E-state index contributed by atoms with van der Waals surface area (Å²) < 4.78 is 14.9. The lowest BCUT2D eigenvalue weighted by Crippen LogP contribution is -2.61. The van der Waals surface area contributed by atoms with Crippen LogP contribution in [0.4, 0.5) is 0 Å². The van der Waals surface area contributed by atoms with Gasteiger partial charge in [0.2, 0.25) is 0 Å². The molecule has 15 heavy (non-hydrogen) atoms. The quantitative estimate of drug-likeness (QED) is 0.284. The van der Waals surface area contributed by atoms with E-state index in [1.54, 1.807) is 0 Å². The van der Waals surface area contributed by atoms with Gasteiger partial charge in [0.05, 0.1) is 6.10 Å². The number of phosphoric ester groups is 1. The first-order chi connectivity index (χ1) is 6.72. The lowest BCUT2D eigenvalue weighted by atomic mass is 9.85. The second kappa shape index (κ2) is 4.44. The highest BCUT2D eigenvalue weighted by Crippen LogP contribution is 2.40. The molecule has 0 bridgehead atoms. The molecule has 0 unspecified atom stereocenters. The van der Waals surface area contributed by atoms with E-state index in [1.165, 1.54) is 0 Å². The van der Waals surface area contributed by atoms with Gasteiger partial charge in [0.1, 0.15) is 12.2 Å². The number of nitrogens with two attached hydrogens (primary N) is 2. The van der Waals surface area contributed by atoms with Crippen LogP contribution in [-0.2, 0) is 9.09 Å². The van der Waals surface area contributed by atoms with E-state index in [4.69, 9.17) is 21.3 Å². The first-order valence-corrected chi connectivity index (χ1v) is 5.86. The number of phosphoric acid groups is 1. The average Bonchev–Trinajstić information content (AvgIpc) is 2.07. The predicted octanol–water partition coefficient (Wildman–Crippen LogP) is -2.76. The fourth-order valence-electron chi connectivity index (χ4n) is 1.59. The van der Waals surface area contributed by atoms with Crippen molar-refractivity contribution in [2.24, 2.45) is 11.5 Å². The van der Waals surface area contributed by atoms with Gasteiger partial charge in [0, 0.05) is 12.1 Å². The molecule has 0 aliphatic heterocycles.